The predicted molar refractivity (Wildman–Crippen MR) is 110 cm³/mol. The van der Waals surface area contributed by atoms with E-state index in [0.717, 1.165) is 63.4 Å². The highest BCUT2D eigenvalue weighted by atomic mass is 16.1. The quantitative estimate of drug-likeness (QED) is 0.726. The van der Waals surface area contributed by atoms with Gasteiger partial charge in [0.2, 0.25) is 5.91 Å². The lowest BCUT2D eigenvalue weighted by molar-refractivity contribution is -0.122. The number of carbonyl (C=O) groups excluding carboxylic acids is 1. The van der Waals surface area contributed by atoms with Crippen LogP contribution in [0.3, 0.4) is 0 Å². The van der Waals surface area contributed by atoms with Gasteiger partial charge >= 0.3 is 0 Å². The van der Waals surface area contributed by atoms with Crippen LogP contribution in [-0.2, 0) is 4.79 Å². The fraction of sp³-hybridized carbons (Fsp3) is 0.762. The molecule has 1 aliphatic carbocycles. The van der Waals surface area contributed by atoms with E-state index < -0.39 is 0 Å². The van der Waals surface area contributed by atoms with Crippen molar-refractivity contribution in [2.75, 3.05) is 29.9 Å². The number of nitrogens with one attached hydrogen (secondary N) is 2. The third kappa shape index (κ3) is 6.36. The van der Waals surface area contributed by atoms with Crippen molar-refractivity contribution < 1.29 is 4.79 Å². The van der Waals surface area contributed by atoms with E-state index in [1.54, 1.807) is 6.33 Å². The van der Waals surface area contributed by atoms with E-state index in [-0.39, 0.29) is 5.91 Å². The monoisotopic (exact) mass is 373 g/mol. The summed E-state index contributed by atoms with van der Waals surface area (Å²) in [4.78, 5) is 23.4. The molecule has 1 aromatic heterocycles. The van der Waals surface area contributed by atoms with Crippen molar-refractivity contribution in [3.05, 3.63) is 12.4 Å². The van der Waals surface area contributed by atoms with Gasteiger partial charge in [-0.1, -0.05) is 26.2 Å². The minimum absolute atomic E-state index is 0.243. The number of hydrogen-bond acceptors (Lipinski definition) is 5. The number of carbonyl (C=O) groups is 1. The molecular weight excluding hydrogens is 338 g/mol. The number of aromatic nitrogens is 2. The summed E-state index contributed by atoms with van der Waals surface area (Å²) >= 11 is 0. The summed E-state index contributed by atoms with van der Waals surface area (Å²) < 4.78 is 0. The second-order valence-corrected chi connectivity index (χ2v) is 8.08. The van der Waals surface area contributed by atoms with E-state index in [9.17, 15) is 4.79 Å². The van der Waals surface area contributed by atoms with Gasteiger partial charge in [-0.25, -0.2) is 9.97 Å². The molecule has 2 heterocycles. The Labute approximate surface area is 163 Å². The zero-order valence-corrected chi connectivity index (χ0v) is 16.8. The van der Waals surface area contributed by atoms with E-state index >= 15 is 0 Å². The first-order valence-electron chi connectivity index (χ1n) is 10.8. The predicted octanol–water partition coefficient (Wildman–Crippen LogP) is 3.74. The van der Waals surface area contributed by atoms with Crippen molar-refractivity contribution in [2.45, 2.75) is 77.2 Å². The second-order valence-electron chi connectivity index (χ2n) is 8.08. The van der Waals surface area contributed by atoms with Crippen molar-refractivity contribution in [3.63, 3.8) is 0 Å². The highest BCUT2D eigenvalue weighted by Gasteiger charge is 2.23. The first-order valence-corrected chi connectivity index (χ1v) is 10.8. The maximum Gasteiger partial charge on any atom is 0.220 e. The molecule has 6 nitrogen and oxygen atoms in total. The minimum Gasteiger partial charge on any atom is -0.370 e. The summed E-state index contributed by atoms with van der Waals surface area (Å²) in [5.41, 5.74) is 0. The SMILES string of the molecule is CCCNc1cc(N2CCC[C@H](CCC(=O)NC3CCCCC3)C2)ncn1. The van der Waals surface area contributed by atoms with Crippen molar-refractivity contribution in [2.24, 2.45) is 5.92 Å². The molecule has 0 aromatic carbocycles. The first kappa shape index (κ1) is 19.9. The molecular formula is C21H35N5O. The van der Waals surface area contributed by atoms with Gasteiger partial charge in [0, 0.05) is 38.2 Å². The van der Waals surface area contributed by atoms with Crippen molar-refractivity contribution >= 4 is 17.5 Å². The van der Waals surface area contributed by atoms with E-state index in [0.29, 0.717) is 18.4 Å². The molecule has 0 unspecified atom stereocenters. The van der Waals surface area contributed by atoms with E-state index in [2.05, 4.69) is 32.4 Å². The molecule has 2 aliphatic rings. The largest absolute Gasteiger partial charge is 0.370 e. The third-order valence-corrected chi connectivity index (χ3v) is 5.80. The molecule has 1 amide bonds. The Kier molecular flexibility index (Phi) is 7.72. The van der Waals surface area contributed by atoms with Crippen LogP contribution in [-0.4, -0.2) is 41.6 Å². The molecule has 1 aromatic rings. The van der Waals surface area contributed by atoms with Crippen LogP contribution in [0.4, 0.5) is 11.6 Å². The lowest BCUT2D eigenvalue weighted by atomic mass is 9.92. The molecule has 6 heteroatoms. The summed E-state index contributed by atoms with van der Waals surface area (Å²) in [6.07, 6.45) is 12.9. The molecule has 0 spiro atoms. The average Bonchev–Trinajstić information content (AvgIpc) is 2.72. The van der Waals surface area contributed by atoms with Crippen LogP contribution in [0.25, 0.3) is 0 Å². The maximum atomic E-state index is 12.3. The van der Waals surface area contributed by atoms with Crippen LogP contribution >= 0.6 is 0 Å². The van der Waals surface area contributed by atoms with Crippen LogP contribution in [0.2, 0.25) is 0 Å². The summed E-state index contributed by atoms with van der Waals surface area (Å²) in [6, 6.07) is 2.47. The first-order chi connectivity index (χ1) is 13.2. The standard InChI is InChI=1S/C21H35N5O/c1-2-12-22-19-14-20(24-16-23-19)26-13-6-7-17(15-26)10-11-21(27)25-18-8-4-3-5-9-18/h14,16-18H,2-13,15H2,1H3,(H,25,27)(H,22,23,24)/t17-/m1/s1. The van der Waals surface area contributed by atoms with Crippen LogP contribution in [0.5, 0.6) is 0 Å². The zero-order valence-electron chi connectivity index (χ0n) is 16.8. The summed E-state index contributed by atoms with van der Waals surface area (Å²) in [5.74, 6) is 2.71. The lowest BCUT2D eigenvalue weighted by Gasteiger charge is -2.33. The van der Waals surface area contributed by atoms with E-state index in [1.807, 2.05) is 6.07 Å². The molecule has 0 radical (unpaired) electrons. The van der Waals surface area contributed by atoms with Gasteiger partial charge in [0.05, 0.1) is 0 Å². The zero-order chi connectivity index (χ0) is 18.9. The molecule has 1 atom stereocenters. The fourth-order valence-electron chi connectivity index (χ4n) is 4.26. The Bertz CT molecular complexity index is 588. The number of nitrogens with zero attached hydrogens (tertiary/aromatic N) is 3. The topological polar surface area (TPSA) is 70.2 Å². The Balaban J connectivity index is 1.45. The van der Waals surface area contributed by atoms with E-state index in [1.165, 1.54) is 25.7 Å². The van der Waals surface area contributed by atoms with Crippen molar-refractivity contribution in [1.82, 2.24) is 15.3 Å². The Morgan fingerprint density at radius 1 is 1.19 bits per heavy atom. The molecule has 150 valence electrons. The maximum absolute atomic E-state index is 12.3. The molecule has 3 rings (SSSR count). The molecule has 2 N–H and O–H groups in total. The molecule has 1 saturated heterocycles. The summed E-state index contributed by atoms with van der Waals surface area (Å²) in [5, 5.41) is 6.58. The smallest absolute Gasteiger partial charge is 0.220 e. The van der Waals surface area contributed by atoms with Gasteiger partial charge in [-0.3, -0.25) is 4.79 Å². The second kappa shape index (κ2) is 10.5. The molecule has 0 bridgehead atoms. The van der Waals surface area contributed by atoms with Gasteiger partial charge in [0.25, 0.3) is 0 Å². The minimum atomic E-state index is 0.243. The van der Waals surface area contributed by atoms with Gasteiger partial charge in [-0.2, -0.15) is 0 Å². The number of piperidine rings is 1. The number of amides is 1. The Morgan fingerprint density at radius 2 is 2.04 bits per heavy atom. The van der Waals surface area contributed by atoms with Gasteiger partial charge < -0.3 is 15.5 Å². The Morgan fingerprint density at radius 3 is 2.85 bits per heavy atom. The van der Waals surface area contributed by atoms with Gasteiger partial charge in [-0.05, 0) is 44.4 Å². The van der Waals surface area contributed by atoms with Crippen molar-refractivity contribution in [1.29, 1.82) is 0 Å². The van der Waals surface area contributed by atoms with E-state index in [4.69, 9.17) is 0 Å². The Hall–Kier alpha value is -1.85. The van der Waals surface area contributed by atoms with Gasteiger partial charge in [-0.15, -0.1) is 0 Å². The molecule has 1 aliphatic heterocycles. The van der Waals surface area contributed by atoms with Crippen LogP contribution < -0.4 is 15.5 Å². The van der Waals surface area contributed by atoms with Gasteiger partial charge in [0.15, 0.2) is 0 Å². The van der Waals surface area contributed by atoms with Crippen LogP contribution in [0.1, 0.15) is 71.1 Å². The number of hydrogen-bond donors (Lipinski definition) is 2. The summed E-state index contributed by atoms with van der Waals surface area (Å²) in [6.45, 7) is 5.10. The van der Waals surface area contributed by atoms with Crippen LogP contribution in [0, 0.1) is 5.92 Å². The normalized spacial score (nSPS) is 21.1. The highest BCUT2D eigenvalue weighted by molar-refractivity contribution is 5.76. The molecule has 2 fully saturated rings. The average molecular weight is 374 g/mol. The summed E-state index contributed by atoms with van der Waals surface area (Å²) in [7, 11) is 0. The van der Waals surface area contributed by atoms with Gasteiger partial charge in [0.1, 0.15) is 18.0 Å². The van der Waals surface area contributed by atoms with Crippen LogP contribution in [0.15, 0.2) is 12.4 Å². The molecule has 27 heavy (non-hydrogen) atoms. The number of anilines is 2. The molecule has 1 saturated carbocycles. The lowest BCUT2D eigenvalue weighted by Crippen LogP contribution is -2.38. The highest BCUT2D eigenvalue weighted by Crippen LogP contribution is 2.25. The van der Waals surface area contributed by atoms with Crippen molar-refractivity contribution in [3.8, 4) is 0 Å². The number of rotatable bonds is 8. The third-order valence-electron chi connectivity index (χ3n) is 5.80. The fourth-order valence-corrected chi connectivity index (χ4v) is 4.26.